The number of likely N-dealkylation sites (N-methyl/N-ethyl adjacent to an activating group) is 1. The van der Waals surface area contributed by atoms with Gasteiger partial charge < -0.3 is 24.8 Å². The van der Waals surface area contributed by atoms with Crippen molar-refractivity contribution in [2.24, 2.45) is 0 Å². The highest BCUT2D eigenvalue weighted by molar-refractivity contribution is 7.98. The number of β-amino-alcohol motifs (C(OH)–C–C–N with tert-alkyl or cyclic N) is 1. The van der Waals surface area contributed by atoms with Gasteiger partial charge in [0.15, 0.2) is 11.5 Å². The van der Waals surface area contributed by atoms with Crippen molar-refractivity contribution >= 4 is 11.8 Å². The van der Waals surface area contributed by atoms with E-state index in [0.717, 1.165) is 44.8 Å². The van der Waals surface area contributed by atoms with Gasteiger partial charge in [-0.1, -0.05) is 6.07 Å². The van der Waals surface area contributed by atoms with Crippen molar-refractivity contribution in [3.63, 3.8) is 0 Å². The molecule has 7 heteroatoms. The van der Waals surface area contributed by atoms with Gasteiger partial charge in [0.05, 0.1) is 7.11 Å². The van der Waals surface area contributed by atoms with E-state index in [1.807, 2.05) is 30.0 Å². The molecule has 1 aromatic carbocycles. The predicted octanol–water partition coefficient (Wildman–Crippen LogP) is 1.53. The molecule has 1 aliphatic heterocycles. The Morgan fingerprint density at radius 2 is 2.00 bits per heavy atom. The molecule has 0 radical (unpaired) electrons. The van der Waals surface area contributed by atoms with Crippen LogP contribution in [0, 0.1) is 0 Å². The summed E-state index contributed by atoms with van der Waals surface area (Å²) in [6.45, 7) is 6.81. The summed E-state index contributed by atoms with van der Waals surface area (Å²) in [6, 6.07) is 5.98. The molecule has 0 saturated carbocycles. The molecule has 2 N–H and O–H groups in total. The smallest absolute Gasteiger partial charge is 0.161 e. The maximum absolute atomic E-state index is 10.3. The van der Waals surface area contributed by atoms with E-state index in [4.69, 9.17) is 9.47 Å². The van der Waals surface area contributed by atoms with E-state index in [1.165, 1.54) is 12.2 Å². The summed E-state index contributed by atoms with van der Waals surface area (Å²) in [5, 5.41) is 13.8. The molecule has 6 nitrogen and oxygen atoms in total. The fourth-order valence-corrected chi connectivity index (χ4v) is 3.52. The summed E-state index contributed by atoms with van der Waals surface area (Å²) in [6.07, 6.45) is 2.79. The summed E-state index contributed by atoms with van der Waals surface area (Å²) < 4.78 is 11.3. The summed E-state index contributed by atoms with van der Waals surface area (Å²) in [4.78, 5) is 4.60. The third-order valence-corrected chi connectivity index (χ3v) is 5.45. The Morgan fingerprint density at radius 1 is 1.22 bits per heavy atom. The van der Waals surface area contributed by atoms with E-state index in [9.17, 15) is 5.11 Å². The minimum Gasteiger partial charge on any atom is -0.493 e. The summed E-state index contributed by atoms with van der Waals surface area (Å²) >= 11 is 1.87. The average Bonchev–Trinajstić information content (AvgIpc) is 2.68. The van der Waals surface area contributed by atoms with Crippen LogP contribution in [0.1, 0.15) is 12.0 Å². The van der Waals surface area contributed by atoms with Gasteiger partial charge in [0.25, 0.3) is 0 Å². The molecule has 0 aromatic heterocycles. The van der Waals surface area contributed by atoms with Crippen LogP contribution in [0.2, 0.25) is 0 Å². The molecule has 1 saturated heterocycles. The molecule has 0 spiro atoms. The minimum absolute atomic E-state index is 0.271. The number of nitrogens with zero attached hydrogens (tertiary/aromatic N) is 2. The summed E-state index contributed by atoms with van der Waals surface area (Å²) in [7, 11) is 3.77. The second-order valence-electron chi connectivity index (χ2n) is 7.08. The first-order chi connectivity index (χ1) is 13.1. The molecule has 27 heavy (non-hydrogen) atoms. The van der Waals surface area contributed by atoms with Crippen molar-refractivity contribution in [2.45, 2.75) is 19.1 Å². The summed E-state index contributed by atoms with van der Waals surface area (Å²) in [5.41, 5.74) is 1.16. The van der Waals surface area contributed by atoms with E-state index < -0.39 is 6.10 Å². The number of nitrogens with one attached hydrogen (secondary N) is 1. The Hall–Kier alpha value is -0.990. The average molecular weight is 398 g/mol. The van der Waals surface area contributed by atoms with Crippen molar-refractivity contribution in [1.29, 1.82) is 0 Å². The molecule has 154 valence electrons. The lowest BCUT2D eigenvalue weighted by Crippen LogP contribution is -2.47. The first-order valence-electron chi connectivity index (χ1n) is 9.70. The van der Waals surface area contributed by atoms with Gasteiger partial charge in [-0.25, -0.2) is 0 Å². The second kappa shape index (κ2) is 12.5. The number of methoxy groups -OCH3 is 1. The molecule has 0 amide bonds. The van der Waals surface area contributed by atoms with E-state index >= 15 is 0 Å². The third kappa shape index (κ3) is 8.27. The van der Waals surface area contributed by atoms with Gasteiger partial charge in [-0.2, -0.15) is 11.8 Å². The Bertz CT molecular complexity index is 539. The quantitative estimate of drug-likeness (QED) is 0.519. The van der Waals surface area contributed by atoms with Crippen LogP contribution in [0.3, 0.4) is 0 Å². The van der Waals surface area contributed by atoms with E-state index in [-0.39, 0.29) is 6.61 Å². The van der Waals surface area contributed by atoms with Crippen molar-refractivity contribution in [1.82, 2.24) is 15.1 Å². The van der Waals surface area contributed by atoms with E-state index in [2.05, 4.69) is 28.4 Å². The van der Waals surface area contributed by atoms with Crippen molar-refractivity contribution in [3.05, 3.63) is 23.8 Å². The lowest BCUT2D eigenvalue weighted by atomic mass is 10.2. The van der Waals surface area contributed by atoms with Gasteiger partial charge >= 0.3 is 0 Å². The van der Waals surface area contributed by atoms with Gasteiger partial charge in [0.2, 0.25) is 0 Å². The highest BCUT2D eigenvalue weighted by Gasteiger charge is 2.18. The molecular weight excluding hydrogens is 362 g/mol. The summed E-state index contributed by atoms with van der Waals surface area (Å²) in [5.74, 6) is 2.57. The molecular formula is C20H35N3O3S. The normalized spacial score (nSPS) is 17.0. The first-order valence-corrected chi connectivity index (χ1v) is 11.1. The standard InChI is InChI=1S/C20H35N3O3S/c1-22-8-10-23(11-9-22)15-18(24)16-26-20-13-17(5-6-19(20)25-2)14-21-7-4-12-27-3/h5-6,13,18,21,24H,4,7-12,14-16H2,1-3H3. The van der Waals surface area contributed by atoms with Gasteiger partial charge in [0, 0.05) is 39.3 Å². The number of thioether (sulfide) groups is 1. The van der Waals surface area contributed by atoms with Crippen molar-refractivity contribution in [2.75, 3.05) is 72.0 Å². The molecule has 1 fully saturated rings. The van der Waals surface area contributed by atoms with Crippen LogP contribution in [0.25, 0.3) is 0 Å². The molecule has 2 rings (SSSR count). The number of benzene rings is 1. The second-order valence-corrected chi connectivity index (χ2v) is 8.06. The van der Waals surface area contributed by atoms with Crippen LogP contribution >= 0.6 is 11.8 Å². The van der Waals surface area contributed by atoms with Crippen molar-refractivity contribution < 1.29 is 14.6 Å². The van der Waals surface area contributed by atoms with Gasteiger partial charge in [-0.05, 0) is 49.7 Å². The fourth-order valence-electron chi connectivity index (χ4n) is 3.09. The first kappa shape index (κ1) is 22.3. The molecule has 1 atom stereocenters. The zero-order chi connectivity index (χ0) is 19.5. The van der Waals surface area contributed by atoms with Crippen LogP contribution in [0.4, 0.5) is 0 Å². The Balaban J connectivity index is 1.79. The van der Waals surface area contributed by atoms with E-state index in [1.54, 1.807) is 7.11 Å². The molecule has 1 unspecified atom stereocenters. The van der Waals surface area contributed by atoms with Gasteiger partial charge in [-0.3, -0.25) is 4.90 Å². The number of aliphatic hydroxyl groups excluding tert-OH is 1. The van der Waals surface area contributed by atoms with Crippen molar-refractivity contribution in [3.8, 4) is 11.5 Å². The molecule has 0 bridgehead atoms. The lowest BCUT2D eigenvalue weighted by molar-refractivity contribution is 0.0498. The fraction of sp³-hybridized carbons (Fsp3) is 0.700. The molecule has 1 heterocycles. The zero-order valence-electron chi connectivity index (χ0n) is 16.9. The van der Waals surface area contributed by atoms with Crippen LogP contribution in [0.15, 0.2) is 18.2 Å². The Morgan fingerprint density at radius 3 is 2.70 bits per heavy atom. The molecule has 1 aliphatic rings. The number of aliphatic hydroxyl groups is 1. The van der Waals surface area contributed by atoms with Crippen LogP contribution in [-0.4, -0.2) is 93.1 Å². The molecule has 0 aliphatic carbocycles. The third-order valence-electron chi connectivity index (χ3n) is 4.76. The number of piperazine rings is 1. The highest BCUT2D eigenvalue weighted by atomic mass is 32.2. The SMILES string of the molecule is COc1ccc(CNCCCSC)cc1OCC(O)CN1CCN(C)CC1. The number of ether oxygens (including phenoxy) is 2. The Kier molecular flexibility index (Phi) is 10.3. The van der Waals surface area contributed by atoms with Crippen LogP contribution in [0.5, 0.6) is 11.5 Å². The minimum atomic E-state index is -0.508. The zero-order valence-corrected chi connectivity index (χ0v) is 17.8. The Labute approximate surface area is 168 Å². The number of hydrogen-bond donors (Lipinski definition) is 2. The maximum atomic E-state index is 10.3. The highest BCUT2D eigenvalue weighted by Crippen LogP contribution is 2.28. The van der Waals surface area contributed by atoms with E-state index in [0.29, 0.717) is 18.0 Å². The predicted molar refractivity (Wildman–Crippen MR) is 113 cm³/mol. The van der Waals surface area contributed by atoms with Crippen LogP contribution < -0.4 is 14.8 Å². The topological polar surface area (TPSA) is 57.2 Å². The van der Waals surface area contributed by atoms with Crippen LogP contribution in [-0.2, 0) is 6.54 Å². The number of hydrogen-bond acceptors (Lipinski definition) is 7. The molecule has 1 aromatic rings. The maximum Gasteiger partial charge on any atom is 0.161 e. The lowest BCUT2D eigenvalue weighted by Gasteiger charge is -2.33. The van der Waals surface area contributed by atoms with Gasteiger partial charge in [0.1, 0.15) is 12.7 Å². The number of rotatable bonds is 12. The monoisotopic (exact) mass is 397 g/mol. The van der Waals surface area contributed by atoms with Gasteiger partial charge in [-0.15, -0.1) is 0 Å². The largest absolute Gasteiger partial charge is 0.493 e.